The molecule has 10 aromatic heterocycles. The molecule has 149 heavy (non-hydrogen) atoms. The van der Waals surface area contributed by atoms with E-state index < -0.39 is 12.8 Å². The van der Waals surface area contributed by atoms with Crippen molar-refractivity contribution in [2.45, 2.75) is 279 Å². The Morgan fingerprint density at radius 1 is 0.295 bits per heavy atom. The molecule has 0 saturated carbocycles. The number of unbranched alkanes of at least 4 members (excludes halogenated alkanes) is 20. The maximum absolute atomic E-state index is 12.2. The van der Waals surface area contributed by atoms with Crippen molar-refractivity contribution in [3.63, 3.8) is 0 Å². The third-order valence-corrected chi connectivity index (χ3v) is 27.5. The number of pyridine rings is 5. The van der Waals surface area contributed by atoms with Crippen molar-refractivity contribution in [1.82, 2.24) is 47.8 Å². The highest BCUT2D eigenvalue weighted by atomic mass is 16.7. The quantitative estimate of drug-likeness (QED) is 0.0259. The summed E-state index contributed by atoms with van der Waals surface area (Å²) in [5.41, 5.74) is 21.3. The van der Waals surface area contributed by atoms with Crippen LogP contribution in [-0.4, -0.2) is 83.5 Å². The van der Waals surface area contributed by atoms with Gasteiger partial charge < -0.3 is 32.3 Å². The SMILES string of the molecule is Cc1ccc2c(c1)cc(-c1ccccc1)n2CCCCCCCC(=O)/C=C/c1cccnc1.Cc1ccc2c(ccn2CCCCCCCC(=O)/C=C/c2cccnc2)c1.Cc1ccc2c(ccn2CCCCCCCC(=O)CCc2cccnc2)c1.O=C(/C=C/c1cccnc1)CCCCCCCn1c(-c2ccccc2)cc2cc3c(cc21)OCO3.[2H]C(C(=O)CCCCCCCn1ccc2cc(C)ccc21)C([2H])c1cccnc1. The minimum absolute atomic E-state index is 0.136. The topological polar surface area (TPSA) is 193 Å². The van der Waals surface area contributed by atoms with Gasteiger partial charge in [0.15, 0.2) is 28.8 Å². The summed E-state index contributed by atoms with van der Waals surface area (Å²) >= 11 is 0. The summed E-state index contributed by atoms with van der Waals surface area (Å²) in [6.45, 7) is 14.0. The fourth-order valence-electron chi connectivity index (χ4n) is 19.3. The van der Waals surface area contributed by atoms with E-state index in [-0.39, 0.29) is 29.9 Å². The Hall–Kier alpha value is -14.8. The number of hydrogen-bond acceptors (Lipinski definition) is 12. The third kappa shape index (κ3) is 36.9. The Morgan fingerprint density at radius 3 is 1.03 bits per heavy atom. The van der Waals surface area contributed by atoms with E-state index in [4.69, 9.17) is 12.2 Å². The molecule has 0 aliphatic carbocycles. The molecule has 0 N–H and O–H groups in total. The molecule has 1 aliphatic heterocycles. The van der Waals surface area contributed by atoms with Gasteiger partial charge in [-0.3, -0.25) is 48.9 Å². The van der Waals surface area contributed by atoms with E-state index in [2.05, 4.69) is 264 Å². The van der Waals surface area contributed by atoms with E-state index in [0.29, 0.717) is 43.5 Å². The predicted molar refractivity (Wildman–Crippen MR) is 614 cm³/mol. The highest BCUT2D eigenvalue weighted by Gasteiger charge is 2.21. The van der Waals surface area contributed by atoms with Crippen molar-refractivity contribution < 1.29 is 36.2 Å². The van der Waals surface area contributed by atoms with Gasteiger partial charge in [0.25, 0.3) is 0 Å². The van der Waals surface area contributed by atoms with Crippen LogP contribution in [0.1, 0.15) is 258 Å². The molecule has 17 heteroatoms. The fraction of sp³-hybridized carbons (Fsp3) is 0.333. The minimum atomic E-state index is -1.02. The van der Waals surface area contributed by atoms with Crippen LogP contribution in [0.5, 0.6) is 11.5 Å². The molecular weight excluding hydrogens is 1840 g/mol. The summed E-state index contributed by atoms with van der Waals surface area (Å²) in [5.74, 6) is 2.46. The average Bonchev–Trinajstić information content (AvgIpc) is 1.62. The monoisotopic (exact) mass is 1990 g/mol. The maximum atomic E-state index is 12.2. The number of Topliss-reactive ketones (excluding diaryl/α,β-unsaturated/α-hetero) is 2. The highest BCUT2D eigenvalue weighted by molar-refractivity contribution is 5.96. The molecule has 2 unspecified atom stereocenters. The number of rotatable bonds is 54. The number of carbonyl (C=O) groups is 5. The maximum Gasteiger partial charge on any atom is 0.231 e. The Morgan fingerprint density at radius 2 is 0.631 bits per heavy atom. The largest absolute Gasteiger partial charge is 0.454 e. The van der Waals surface area contributed by atoms with Crippen LogP contribution in [0, 0.1) is 27.7 Å². The van der Waals surface area contributed by atoms with Crippen LogP contribution in [0.3, 0.4) is 0 Å². The van der Waals surface area contributed by atoms with Crippen molar-refractivity contribution in [3.8, 4) is 34.0 Å². The minimum Gasteiger partial charge on any atom is -0.454 e. The van der Waals surface area contributed by atoms with Gasteiger partial charge in [-0.1, -0.05) is 234 Å². The number of fused-ring (bicyclic) bond motifs is 6. The summed E-state index contributed by atoms with van der Waals surface area (Å²) in [4.78, 5) is 80.5. The number of ether oxygens (including phenoxy) is 2. The molecule has 0 amide bonds. The molecule has 7 aromatic carbocycles. The van der Waals surface area contributed by atoms with Crippen LogP contribution in [0.15, 0.2) is 335 Å². The van der Waals surface area contributed by atoms with Crippen molar-refractivity contribution in [1.29, 1.82) is 0 Å². The molecular formula is C132H150N10O7. The normalized spacial score (nSPS) is 12.2. The van der Waals surface area contributed by atoms with Crippen molar-refractivity contribution >= 4 is 102 Å². The third-order valence-electron chi connectivity index (χ3n) is 27.5. The first-order valence-corrected chi connectivity index (χ1v) is 54.3. The van der Waals surface area contributed by atoms with E-state index in [0.717, 1.165) is 188 Å². The van der Waals surface area contributed by atoms with Crippen LogP contribution in [0.25, 0.3) is 95.3 Å². The molecule has 11 heterocycles. The summed E-state index contributed by atoms with van der Waals surface area (Å²) in [6, 6.07) is 82.1. The van der Waals surface area contributed by atoms with Crippen LogP contribution in [-0.2, 0) is 69.5 Å². The first-order chi connectivity index (χ1) is 74.0. The van der Waals surface area contributed by atoms with E-state index in [9.17, 15) is 24.0 Å². The van der Waals surface area contributed by atoms with Gasteiger partial charge in [-0.2, -0.15) is 0 Å². The first-order valence-electron chi connectivity index (χ1n) is 55.5. The lowest BCUT2D eigenvalue weighted by Crippen LogP contribution is -2.00. The number of allylic oxidation sites excluding steroid dienone is 3. The Kier molecular flexibility index (Phi) is 43.8. The Balaban J connectivity index is 0.000000149. The molecule has 17 nitrogen and oxygen atoms in total. The van der Waals surface area contributed by atoms with Crippen molar-refractivity contribution in [2.75, 3.05) is 6.79 Å². The summed E-state index contributed by atoms with van der Waals surface area (Å²) in [7, 11) is 0. The van der Waals surface area contributed by atoms with Gasteiger partial charge in [-0.15, -0.1) is 0 Å². The molecule has 0 spiro atoms. The van der Waals surface area contributed by atoms with E-state index in [1.165, 1.54) is 151 Å². The zero-order chi connectivity index (χ0) is 105. The smallest absolute Gasteiger partial charge is 0.231 e. The zero-order valence-electron chi connectivity index (χ0n) is 89.8. The zero-order valence-corrected chi connectivity index (χ0v) is 87.8. The fourth-order valence-corrected chi connectivity index (χ4v) is 19.3. The number of benzene rings is 7. The lowest BCUT2D eigenvalue weighted by atomic mass is 10.0. The van der Waals surface area contributed by atoms with E-state index >= 15 is 0 Å². The summed E-state index contributed by atoms with van der Waals surface area (Å²) in [5, 5.41) is 6.44. The molecule has 0 bridgehead atoms. The molecule has 0 saturated heterocycles. The number of ketones is 5. The lowest BCUT2D eigenvalue weighted by Gasteiger charge is -2.11. The predicted octanol–water partition coefficient (Wildman–Crippen LogP) is 32.4. The summed E-state index contributed by atoms with van der Waals surface area (Å²) < 4.78 is 39.3. The number of aryl methyl sites for hydroxylation is 11. The molecule has 2 atom stereocenters. The lowest BCUT2D eigenvalue weighted by molar-refractivity contribution is -0.120. The molecule has 18 rings (SSSR count). The Labute approximate surface area is 885 Å². The average molecular weight is 1990 g/mol. The number of aromatic nitrogens is 10. The van der Waals surface area contributed by atoms with Gasteiger partial charge in [0, 0.05) is 211 Å². The summed E-state index contributed by atoms with van der Waals surface area (Å²) in [6.07, 6.45) is 64.6. The number of carbonyl (C=O) groups excluding carboxylic acids is 5. The van der Waals surface area contributed by atoms with Crippen LogP contribution >= 0.6 is 0 Å². The molecule has 0 fully saturated rings. The van der Waals surface area contributed by atoms with Crippen LogP contribution in [0.2, 0.25) is 0 Å². The van der Waals surface area contributed by atoms with Gasteiger partial charge in [-0.05, 0) is 312 Å². The first kappa shape index (κ1) is 107. The van der Waals surface area contributed by atoms with Gasteiger partial charge in [0.2, 0.25) is 6.79 Å². The Bertz CT molecular complexity index is 7160. The van der Waals surface area contributed by atoms with E-state index in [1.54, 1.807) is 86.1 Å². The van der Waals surface area contributed by atoms with Gasteiger partial charge >= 0.3 is 0 Å². The molecule has 1 aliphatic rings. The second-order valence-electron chi connectivity index (χ2n) is 39.5. The number of nitrogens with zero attached hydrogens (tertiary/aromatic N) is 10. The standard InChI is InChI=1S/C30H30N2O3.C30H32N2O.2C24H30N2O.C24H28N2O/c33-26(15-14-23-10-9-16-31-21-23)13-7-2-1-3-8-17-32-27(24-11-5-4-6-12-24)18-25-19-29-30(20-28(25)32)35-22-34-29;1-24-15-18-29-27(21-24)22-30(26-12-6-5-7-13-26)32(29)20-9-4-2-3-8-14-28(33)17-16-25-11-10-19-31-23-25;3*1-20-10-13-24-22(18-20)14-17-26(24)16-6-4-2-3-5-9-23(27)12-11-21-8-7-15-25-19-21/h4-6,9-12,14-16,18-21H,1-3,7-8,13,17,22H2;5-7,10-13,15-19,21-23H,2-4,8-9,14,20H2,1H3;2*7-8,10,13-15,17-19H,2-6,9,11-12,16H2,1H3;7-8,10-15,17-19H,2-6,9,16H2,1H3/b15-14+;17-16+;;;12-11+/i;;11D,12D;;. The number of hydrogen-bond donors (Lipinski definition) is 0. The van der Waals surface area contributed by atoms with Crippen molar-refractivity contribution in [2.24, 2.45) is 0 Å². The van der Waals surface area contributed by atoms with E-state index in [1.807, 2.05) is 79.0 Å². The van der Waals surface area contributed by atoms with Crippen molar-refractivity contribution in [3.05, 3.63) is 385 Å². The van der Waals surface area contributed by atoms with Gasteiger partial charge in [0.05, 0.1) is 5.52 Å². The van der Waals surface area contributed by atoms with Gasteiger partial charge in [-0.25, -0.2) is 0 Å². The van der Waals surface area contributed by atoms with Crippen LogP contribution in [0.4, 0.5) is 0 Å². The van der Waals surface area contributed by atoms with Gasteiger partial charge in [0.1, 0.15) is 11.6 Å². The second-order valence-corrected chi connectivity index (χ2v) is 39.5. The molecule has 0 radical (unpaired) electrons. The molecule has 17 aromatic rings. The molecule has 770 valence electrons. The van der Waals surface area contributed by atoms with Crippen LogP contribution < -0.4 is 9.47 Å². The highest BCUT2D eigenvalue weighted by Crippen LogP contribution is 2.40. The second kappa shape index (κ2) is 61.1.